The molecule has 122 valence electrons. The van der Waals surface area contributed by atoms with E-state index in [1.807, 2.05) is 0 Å². The number of benzene rings is 1. The Kier molecular flexibility index (Phi) is 6.55. The van der Waals surface area contributed by atoms with Crippen LogP contribution in [0.15, 0.2) is 16.6 Å². The van der Waals surface area contributed by atoms with E-state index in [-0.39, 0.29) is 11.9 Å². The molecule has 22 heavy (non-hydrogen) atoms. The lowest BCUT2D eigenvalue weighted by atomic mass is 9.96. The van der Waals surface area contributed by atoms with Gasteiger partial charge in [-0.3, -0.25) is 4.79 Å². The maximum Gasteiger partial charge on any atom is 0.255 e. The second-order valence-corrected chi connectivity index (χ2v) is 6.56. The normalized spacial score (nSPS) is 16.5. The Labute approximate surface area is 140 Å². The van der Waals surface area contributed by atoms with Gasteiger partial charge >= 0.3 is 0 Å². The molecule has 0 heterocycles. The summed E-state index contributed by atoms with van der Waals surface area (Å²) in [6.45, 7) is 0. The van der Waals surface area contributed by atoms with Crippen LogP contribution in [-0.2, 0) is 0 Å². The second-order valence-electron chi connectivity index (χ2n) is 5.71. The highest BCUT2D eigenvalue weighted by atomic mass is 79.9. The molecule has 1 fully saturated rings. The predicted molar refractivity (Wildman–Crippen MR) is 90.8 cm³/mol. The molecule has 0 radical (unpaired) electrons. The van der Waals surface area contributed by atoms with Crippen LogP contribution in [0, 0.1) is 0 Å². The average Bonchev–Trinajstić information content (AvgIpc) is 2.48. The Hall–Kier alpha value is -1.23. The fourth-order valence-electron chi connectivity index (χ4n) is 2.93. The van der Waals surface area contributed by atoms with Crippen LogP contribution in [0.5, 0.6) is 11.5 Å². The van der Waals surface area contributed by atoms with Crippen molar-refractivity contribution in [1.82, 2.24) is 5.32 Å². The number of hydrogen-bond acceptors (Lipinski definition) is 3. The maximum atomic E-state index is 12.6. The van der Waals surface area contributed by atoms with Gasteiger partial charge in [-0.25, -0.2) is 0 Å². The van der Waals surface area contributed by atoms with Crippen molar-refractivity contribution in [2.75, 3.05) is 14.2 Å². The van der Waals surface area contributed by atoms with Crippen LogP contribution in [0.2, 0.25) is 0 Å². The lowest BCUT2D eigenvalue weighted by molar-refractivity contribution is 0.0927. The molecule has 1 N–H and O–H groups in total. The molecule has 5 heteroatoms. The zero-order chi connectivity index (χ0) is 15.9. The lowest BCUT2D eigenvalue weighted by Gasteiger charge is -2.22. The highest BCUT2D eigenvalue weighted by Crippen LogP contribution is 2.33. The van der Waals surface area contributed by atoms with Gasteiger partial charge in [0.05, 0.1) is 24.3 Å². The van der Waals surface area contributed by atoms with Crippen LogP contribution in [0.1, 0.15) is 55.3 Å². The van der Waals surface area contributed by atoms with Crippen LogP contribution < -0.4 is 14.8 Å². The van der Waals surface area contributed by atoms with E-state index in [9.17, 15) is 4.79 Å². The second kappa shape index (κ2) is 8.42. The van der Waals surface area contributed by atoms with E-state index in [0.717, 1.165) is 17.3 Å². The van der Waals surface area contributed by atoms with Gasteiger partial charge in [-0.2, -0.15) is 0 Å². The summed E-state index contributed by atoms with van der Waals surface area (Å²) in [5.41, 5.74) is 0.510. The number of halogens is 1. The molecule has 0 saturated heterocycles. The molecule has 1 aromatic carbocycles. The van der Waals surface area contributed by atoms with Crippen LogP contribution in [0.4, 0.5) is 0 Å². The van der Waals surface area contributed by atoms with Crippen LogP contribution in [-0.4, -0.2) is 26.2 Å². The van der Waals surface area contributed by atoms with Gasteiger partial charge in [0.25, 0.3) is 5.91 Å². The molecule has 0 atom stereocenters. The first kappa shape index (κ1) is 17.1. The van der Waals surface area contributed by atoms with Crippen LogP contribution in [0.3, 0.4) is 0 Å². The average molecular weight is 370 g/mol. The smallest absolute Gasteiger partial charge is 0.255 e. The van der Waals surface area contributed by atoms with Gasteiger partial charge in [0.1, 0.15) is 11.5 Å². The number of nitrogens with one attached hydrogen (secondary N) is 1. The summed E-state index contributed by atoms with van der Waals surface area (Å²) in [6, 6.07) is 3.77. The summed E-state index contributed by atoms with van der Waals surface area (Å²) >= 11 is 3.43. The van der Waals surface area contributed by atoms with Gasteiger partial charge in [-0.1, -0.05) is 32.1 Å². The summed E-state index contributed by atoms with van der Waals surface area (Å²) in [7, 11) is 3.16. The van der Waals surface area contributed by atoms with E-state index in [0.29, 0.717) is 17.1 Å². The van der Waals surface area contributed by atoms with Gasteiger partial charge < -0.3 is 14.8 Å². The summed E-state index contributed by atoms with van der Waals surface area (Å²) in [4.78, 5) is 12.6. The number of rotatable bonds is 4. The van der Waals surface area contributed by atoms with E-state index in [1.54, 1.807) is 26.4 Å². The van der Waals surface area contributed by atoms with Crippen molar-refractivity contribution in [3.63, 3.8) is 0 Å². The fraction of sp³-hybridized carbons (Fsp3) is 0.588. The van der Waals surface area contributed by atoms with Crippen molar-refractivity contribution >= 4 is 21.8 Å². The van der Waals surface area contributed by atoms with Crippen LogP contribution >= 0.6 is 15.9 Å². The lowest BCUT2D eigenvalue weighted by Crippen LogP contribution is -2.35. The van der Waals surface area contributed by atoms with Gasteiger partial charge in [0.15, 0.2) is 0 Å². The van der Waals surface area contributed by atoms with E-state index >= 15 is 0 Å². The molecule has 2 rings (SSSR count). The quantitative estimate of drug-likeness (QED) is 0.859. The molecule has 0 spiro atoms. The number of ether oxygens (including phenoxy) is 2. The molecule has 0 aromatic heterocycles. The summed E-state index contributed by atoms with van der Waals surface area (Å²) in [5.74, 6) is 1.08. The predicted octanol–water partition coefficient (Wildman–Crippen LogP) is 4.31. The Balaban J connectivity index is 2.15. The number of carbonyl (C=O) groups excluding carboxylic acids is 1. The third-order valence-electron chi connectivity index (χ3n) is 4.14. The molecule has 1 aliphatic carbocycles. The molecule has 0 unspecified atom stereocenters. The first-order valence-electron chi connectivity index (χ1n) is 7.88. The Morgan fingerprint density at radius 1 is 1.09 bits per heavy atom. The van der Waals surface area contributed by atoms with Crippen molar-refractivity contribution in [2.45, 2.75) is 51.0 Å². The van der Waals surface area contributed by atoms with Crippen molar-refractivity contribution in [3.8, 4) is 11.5 Å². The zero-order valence-electron chi connectivity index (χ0n) is 13.3. The zero-order valence-corrected chi connectivity index (χ0v) is 14.9. The Bertz CT molecular complexity index is 511. The largest absolute Gasteiger partial charge is 0.497 e. The van der Waals surface area contributed by atoms with Gasteiger partial charge in [0, 0.05) is 6.04 Å². The minimum absolute atomic E-state index is 0.0953. The van der Waals surface area contributed by atoms with Crippen molar-refractivity contribution in [2.24, 2.45) is 0 Å². The molecular weight excluding hydrogens is 346 g/mol. The number of hydrogen-bond donors (Lipinski definition) is 1. The standard InChI is InChI=1S/C17H24BrNO3/c1-21-13-10-14(16(22-2)15(18)11-13)17(20)19-12-8-6-4-3-5-7-9-12/h10-12H,3-9H2,1-2H3,(H,19,20). The number of amides is 1. The highest BCUT2D eigenvalue weighted by molar-refractivity contribution is 9.10. The van der Waals surface area contributed by atoms with Gasteiger partial charge in [-0.05, 0) is 40.9 Å². The molecule has 1 aliphatic rings. The molecule has 1 aromatic rings. The third kappa shape index (κ3) is 4.38. The van der Waals surface area contributed by atoms with Crippen molar-refractivity contribution in [1.29, 1.82) is 0 Å². The number of methoxy groups -OCH3 is 2. The molecule has 0 aliphatic heterocycles. The molecular formula is C17H24BrNO3. The SMILES string of the molecule is COc1cc(Br)c(OC)c(C(=O)NC2CCCCCCC2)c1. The monoisotopic (exact) mass is 369 g/mol. The fourth-order valence-corrected chi connectivity index (χ4v) is 3.53. The molecule has 4 nitrogen and oxygen atoms in total. The van der Waals surface area contributed by atoms with E-state index in [2.05, 4.69) is 21.2 Å². The number of carbonyl (C=O) groups is 1. The third-order valence-corrected chi connectivity index (χ3v) is 4.73. The topological polar surface area (TPSA) is 47.6 Å². The Morgan fingerprint density at radius 2 is 1.73 bits per heavy atom. The minimum atomic E-state index is -0.0953. The first-order chi connectivity index (χ1) is 10.7. The first-order valence-corrected chi connectivity index (χ1v) is 8.67. The highest BCUT2D eigenvalue weighted by Gasteiger charge is 2.20. The molecule has 0 bridgehead atoms. The minimum Gasteiger partial charge on any atom is -0.497 e. The summed E-state index contributed by atoms with van der Waals surface area (Å²) in [5, 5.41) is 3.16. The summed E-state index contributed by atoms with van der Waals surface area (Å²) in [6.07, 6.45) is 8.32. The van der Waals surface area contributed by atoms with Gasteiger partial charge in [0.2, 0.25) is 0 Å². The van der Waals surface area contributed by atoms with Crippen molar-refractivity contribution < 1.29 is 14.3 Å². The van der Waals surface area contributed by atoms with E-state index in [1.165, 1.54) is 32.1 Å². The van der Waals surface area contributed by atoms with Crippen LogP contribution in [0.25, 0.3) is 0 Å². The Morgan fingerprint density at radius 3 is 2.32 bits per heavy atom. The molecule has 1 saturated carbocycles. The van der Waals surface area contributed by atoms with Gasteiger partial charge in [-0.15, -0.1) is 0 Å². The van der Waals surface area contributed by atoms with E-state index < -0.39 is 0 Å². The maximum absolute atomic E-state index is 12.6. The summed E-state index contributed by atoms with van der Waals surface area (Å²) < 4.78 is 11.3. The van der Waals surface area contributed by atoms with E-state index in [4.69, 9.17) is 9.47 Å². The van der Waals surface area contributed by atoms with Crippen molar-refractivity contribution in [3.05, 3.63) is 22.2 Å². The molecule has 1 amide bonds.